The van der Waals surface area contributed by atoms with Crippen LogP contribution >= 0.6 is 0 Å². The van der Waals surface area contributed by atoms with Crippen molar-refractivity contribution in [2.24, 2.45) is 0 Å². The third kappa shape index (κ3) is 3.04. The molecule has 1 N–H and O–H groups in total. The Morgan fingerprint density at radius 1 is 1.38 bits per heavy atom. The van der Waals surface area contributed by atoms with E-state index in [-0.39, 0.29) is 17.8 Å². The monoisotopic (exact) mass is 288 g/mol. The van der Waals surface area contributed by atoms with Crippen molar-refractivity contribution in [1.82, 2.24) is 14.7 Å². The highest BCUT2D eigenvalue weighted by molar-refractivity contribution is 5.89. The number of nitrogens with one attached hydrogen (secondary N) is 1. The molecule has 3 rings (SSSR count). The van der Waals surface area contributed by atoms with E-state index in [1.807, 2.05) is 16.9 Å². The largest absolute Gasteiger partial charge is 0.322 e. The van der Waals surface area contributed by atoms with Gasteiger partial charge in [-0.1, -0.05) is 12.1 Å². The van der Waals surface area contributed by atoms with Gasteiger partial charge in [-0.15, -0.1) is 0 Å². The summed E-state index contributed by atoms with van der Waals surface area (Å²) in [6, 6.07) is 7.89. The molecule has 6 heteroatoms. The van der Waals surface area contributed by atoms with Gasteiger partial charge in [0.2, 0.25) is 0 Å². The van der Waals surface area contributed by atoms with Crippen LogP contribution in [0.15, 0.2) is 42.7 Å². The first-order valence-corrected chi connectivity index (χ1v) is 7.03. The minimum Gasteiger partial charge on any atom is -0.320 e. The van der Waals surface area contributed by atoms with Crippen molar-refractivity contribution in [1.29, 1.82) is 0 Å². The molecule has 0 saturated carbocycles. The third-order valence-electron chi connectivity index (χ3n) is 3.71. The molecule has 0 aliphatic carbocycles. The molecule has 1 unspecified atom stereocenters. The number of carbonyl (C=O) groups is 1. The molecule has 1 atom stereocenters. The smallest absolute Gasteiger partial charge is 0.320 e. The van der Waals surface area contributed by atoms with Crippen LogP contribution in [0, 0.1) is 5.82 Å². The van der Waals surface area contributed by atoms with Crippen LogP contribution in [-0.2, 0) is 6.54 Å². The molecular weight excluding hydrogens is 271 g/mol. The van der Waals surface area contributed by atoms with Gasteiger partial charge in [-0.25, -0.2) is 9.18 Å². The van der Waals surface area contributed by atoms with Crippen LogP contribution in [0.3, 0.4) is 0 Å². The highest BCUT2D eigenvalue weighted by Gasteiger charge is 2.29. The first kappa shape index (κ1) is 13.6. The van der Waals surface area contributed by atoms with E-state index < -0.39 is 5.82 Å². The van der Waals surface area contributed by atoms with Gasteiger partial charge in [-0.2, -0.15) is 5.10 Å². The molecule has 0 radical (unpaired) electrons. The zero-order valence-electron chi connectivity index (χ0n) is 11.6. The summed E-state index contributed by atoms with van der Waals surface area (Å²) in [4.78, 5) is 14.1. The Morgan fingerprint density at radius 3 is 3.00 bits per heavy atom. The van der Waals surface area contributed by atoms with E-state index in [0.717, 1.165) is 12.8 Å². The fourth-order valence-electron chi connectivity index (χ4n) is 2.67. The molecule has 2 aromatic rings. The average molecular weight is 288 g/mol. The predicted molar refractivity (Wildman–Crippen MR) is 77.4 cm³/mol. The first-order chi connectivity index (χ1) is 10.2. The van der Waals surface area contributed by atoms with Crippen LogP contribution in [-0.4, -0.2) is 33.3 Å². The molecule has 1 aliphatic rings. The SMILES string of the molecule is O=C(Nc1ccccc1F)N1CCCC1Cn1cccn1. The molecule has 1 aromatic carbocycles. The Bertz CT molecular complexity index is 614. The number of hydrogen-bond acceptors (Lipinski definition) is 2. The molecule has 0 bridgehead atoms. The lowest BCUT2D eigenvalue weighted by atomic mass is 10.2. The number of likely N-dealkylation sites (tertiary alicyclic amines) is 1. The topological polar surface area (TPSA) is 50.2 Å². The summed E-state index contributed by atoms with van der Waals surface area (Å²) >= 11 is 0. The number of hydrogen-bond donors (Lipinski definition) is 1. The molecule has 21 heavy (non-hydrogen) atoms. The van der Waals surface area contributed by atoms with Gasteiger partial charge in [0.15, 0.2) is 0 Å². The maximum absolute atomic E-state index is 13.6. The van der Waals surface area contributed by atoms with Crippen LogP contribution in [0.5, 0.6) is 0 Å². The molecule has 1 aliphatic heterocycles. The van der Waals surface area contributed by atoms with E-state index in [1.165, 1.54) is 6.07 Å². The van der Waals surface area contributed by atoms with Crippen molar-refractivity contribution in [2.75, 3.05) is 11.9 Å². The lowest BCUT2D eigenvalue weighted by Gasteiger charge is -2.25. The van der Waals surface area contributed by atoms with Crippen LogP contribution in [0.2, 0.25) is 0 Å². The fourth-order valence-corrected chi connectivity index (χ4v) is 2.67. The summed E-state index contributed by atoms with van der Waals surface area (Å²) in [7, 11) is 0. The number of nitrogens with zero attached hydrogens (tertiary/aromatic N) is 3. The maximum atomic E-state index is 13.6. The molecule has 1 fully saturated rings. The van der Waals surface area contributed by atoms with Gasteiger partial charge in [-0.05, 0) is 31.0 Å². The second-order valence-corrected chi connectivity index (χ2v) is 5.13. The van der Waals surface area contributed by atoms with Gasteiger partial charge >= 0.3 is 6.03 Å². The van der Waals surface area contributed by atoms with Crippen molar-refractivity contribution in [3.8, 4) is 0 Å². The number of benzene rings is 1. The number of amides is 2. The normalized spacial score (nSPS) is 18.0. The summed E-state index contributed by atoms with van der Waals surface area (Å²) in [6.07, 6.45) is 5.49. The van der Waals surface area contributed by atoms with Gasteiger partial charge < -0.3 is 10.2 Å². The van der Waals surface area contributed by atoms with E-state index in [9.17, 15) is 9.18 Å². The summed E-state index contributed by atoms with van der Waals surface area (Å²) in [5.74, 6) is -0.423. The van der Waals surface area contributed by atoms with E-state index in [0.29, 0.717) is 13.1 Å². The molecule has 2 amide bonds. The minimum atomic E-state index is -0.423. The lowest BCUT2D eigenvalue weighted by molar-refractivity contribution is 0.199. The van der Waals surface area contributed by atoms with E-state index >= 15 is 0 Å². The van der Waals surface area contributed by atoms with E-state index in [1.54, 1.807) is 29.3 Å². The van der Waals surface area contributed by atoms with Crippen LogP contribution in [0.4, 0.5) is 14.9 Å². The molecule has 2 heterocycles. The van der Waals surface area contributed by atoms with Crippen LogP contribution in [0.25, 0.3) is 0 Å². The van der Waals surface area contributed by atoms with Gasteiger partial charge in [0.05, 0.1) is 18.3 Å². The van der Waals surface area contributed by atoms with Crippen molar-refractivity contribution in [3.05, 3.63) is 48.5 Å². The summed E-state index contributed by atoms with van der Waals surface area (Å²) in [5, 5.41) is 6.81. The summed E-state index contributed by atoms with van der Waals surface area (Å²) in [5.41, 5.74) is 0.215. The number of carbonyl (C=O) groups excluding carboxylic acids is 1. The van der Waals surface area contributed by atoms with Gasteiger partial charge in [0.1, 0.15) is 5.82 Å². The van der Waals surface area contributed by atoms with Crippen molar-refractivity contribution >= 4 is 11.7 Å². The summed E-state index contributed by atoms with van der Waals surface area (Å²) in [6.45, 7) is 1.35. The molecule has 110 valence electrons. The van der Waals surface area contributed by atoms with Gasteiger partial charge in [0.25, 0.3) is 0 Å². The van der Waals surface area contributed by atoms with Crippen LogP contribution in [0.1, 0.15) is 12.8 Å². The molecule has 5 nitrogen and oxygen atoms in total. The average Bonchev–Trinajstić information content (AvgIpc) is 3.13. The second kappa shape index (κ2) is 5.95. The quantitative estimate of drug-likeness (QED) is 0.944. The minimum absolute atomic E-state index is 0.0941. The third-order valence-corrected chi connectivity index (χ3v) is 3.71. The highest BCUT2D eigenvalue weighted by Crippen LogP contribution is 2.21. The Hall–Kier alpha value is -2.37. The maximum Gasteiger partial charge on any atom is 0.322 e. The Kier molecular flexibility index (Phi) is 3.85. The number of urea groups is 1. The number of aromatic nitrogens is 2. The number of para-hydroxylation sites is 1. The standard InChI is InChI=1S/C15H17FN4O/c16-13-6-1-2-7-14(13)18-15(21)20-10-3-5-12(20)11-19-9-4-8-17-19/h1-2,4,6-9,12H,3,5,10-11H2,(H,18,21). The molecule has 1 aromatic heterocycles. The van der Waals surface area contributed by atoms with E-state index in [2.05, 4.69) is 10.4 Å². The number of halogens is 1. The Morgan fingerprint density at radius 2 is 2.24 bits per heavy atom. The van der Waals surface area contributed by atoms with Crippen molar-refractivity contribution in [3.63, 3.8) is 0 Å². The number of rotatable bonds is 3. The molecule has 1 saturated heterocycles. The van der Waals surface area contributed by atoms with Crippen LogP contribution < -0.4 is 5.32 Å². The van der Waals surface area contributed by atoms with Gasteiger partial charge in [0, 0.05) is 18.9 Å². The molecular formula is C15H17FN4O. The number of anilines is 1. The fraction of sp³-hybridized carbons (Fsp3) is 0.333. The zero-order valence-corrected chi connectivity index (χ0v) is 11.6. The van der Waals surface area contributed by atoms with E-state index in [4.69, 9.17) is 0 Å². The zero-order chi connectivity index (χ0) is 14.7. The first-order valence-electron chi connectivity index (χ1n) is 7.03. The summed E-state index contributed by atoms with van der Waals surface area (Å²) < 4.78 is 15.4. The highest BCUT2D eigenvalue weighted by atomic mass is 19.1. The van der Waals surface area contributed by atoms with Gasteiger partial charge in [-0.3, -0.25) is 4.68 Å². The second-order valence-electron chi connectivity index (χ2n) is 5.13. The Balaban J connectivity index is 1.67. The van der Waals surface area contributed by atoms with Crippen molar-refractivity contribution in [2.45, 2.75) is 25.4 Å². The van der Waals surface area contributed by atoms with Crippen molar-refractivity contribution < 1.29 is 9.18 Å². The Labute approximate surface area is 122 Å². The lowest BCUT2D eigenvalue weighted by Crippen LogP contribution is -2.41. The molecule has 0 spiro atoms. The predicted octanol–water partition coefficient (Wildman–Crippen LogP) is 2.72.